The predicted molar refractivity (Wildman–Crippen MR) is 78.8 cm³/mol. The van der Waals surface area contributed by atoms with Crippen LogP contribution in [-0.4, -0.2) is 6.04 Å². The fraction of sp³-hybridized carbons (Fsp3) is 0.600. The highest BCUT2D eigenvalue weighted by Crippen LogP contribution is 2.35. The molecule has 112 valence electrons. The van der Waals surface area contributed by atoms with Crippen molar-refractivity contribution in [2.75, 3.05) is 5.32 Å². The highest BCUT2D eigenvalue weighted by molar-refractivity contribution is 9.10. The Kier molecular flexibility index (Phi) is 4.99. The van der Waals surface area contributed by atoms with Gasteiger partial charge >= 0.3 is 6.18 Å². The molecule has 1 aliphatic rings. The maximum atomic E-state index is 12.6. The molecule has 1 aromatic carbocycles. The van der Waals surface area contributed by atoms with Crippen molar-refractivity contribution >= 4 is 21.6 Å². The Morgan fingerprint density at radius 1 is 1.15 bits per heavy atom. The van der Waals surface area contributed by atoms with E-state index in [1.807, 2.05) is 0 Å². The van der Waals surface area contributed by atoms with Crippen LogP contribution < -0.4 is 5.32 Å². The maximum Gasteiger partial charge on any atom is 0.416 e. The Bertz CT molecular complexity index is 459. The van der Waals surface area contributed by atoms with Crippen LogP contribution in [0.5, 0.6) is 0 Å². The molecule has 2 rings (SSSR count). The average molecular weight is 350 g/mol. The van der Waals surface area contributed by atoms with Crippen LogP contribution >= 0.6 is 15.9 Å². The smallest absolute Gasteiger partial charge is 0.381 e. The van der Waals surface area contributed by atoms with Crippen LogP contribution in [0.15, 0.2) is 22.7 Å². The lowest BCUT2D eigenvalue weighted by atomic mass is 9.96. The summed E-state index contributed by atoms with van der Waals surface area (Å²) < 4.78 is 38.4. The van der Waals surface area contributed by atoms with Gasteiger partial charge in [0.15, 0.2) is 0 Å². The van der Waals surface area contributed by atoms with Crippen LogP contribution in [0, 0.1) is 5.92 Å². The first-order valence-corrected chi connectivity index (χ1v) is 7.80. The molecule has 1 nitrogen and oxygen atoms in total. The molecule has 1 fully saturated rings. The zero-order chi connectivity index (χ0) is 14.8. The van der Waals surface area contributed by atoms with Crippen molar-refractivity contribution in [2.45, 2.75) is 51.2 Å². The molecule has 0 amide bonds. The highest BCUT2D eigenvalue weighted by Gasteiger charge is 2.31. The van der Waals surface area contributed by atoms with Gasteiger partial charge in [-0.05, 0) is 52.9 Å². The Hall–Kier alpha value is -0.710. The van der Waals surface area contributed by atoms with Crippen molar-refractivity contribution in [1.29, 1.82) is 0 Å². The van der Waals surface area contributed by atoms with E-state index in [1.165, 1.54) is 31.7 Å². The van der Waals surface area contributed by atoms with Crippen LogP contribution in [0.2, 0.25) is 0 Å². The average Bonchev–Trinajstić information content (AvgIpc) is 2.56. The molecule has 0 aromatic heterocycles. The third-order valence-electron chi connectivity index (χ3n) is 4.00. The zero-order valence-electron chi connectivity index (χ0n) is 11.4. The van der Waals surface area contributed by atoms with Gasteiger partial charge in [0.2, 0.25) is 0 Å². The summed E-state index contributed by atoms with van der Waals surface area (Å²) in [5, 5.41) is 3.40. The minimum Gasteiger partial charge on any atom is -0.381 e. The molecule has 5 heteroatoms. The Morgan fingerprint density at radius 2 is 1.85 bits per heavy atom. The number of alkyl halides is 3. The lowest BCUT2D eigenvalue weighted by molar-refractivity contribution is -0.137. The highest BCUT2D eigenvalue weighted by atomic mass is 79.9. The van der Waals surface area contributed by atoms with Gasteiger partial charge in [0.25, 0.3) is 0 Å². The molecule has 1 N–H and O–H groups in total. The van der Waals surface area contributed by atoms with Crippen LogP contribution in [0.25, 0.3) is 0 Å². The van der Waals surface area contributed by atoms with Crippen LogP contribution in [0.3, 0.4) is 0 Å². The number of nitrogens with one attached hydrogen (secondary N) is 1. The summed E-state index contributed by atoms with van der Waals surface area (Å²) in [6.07, 6.45) is 1.63. The second-order valence-electron chi connectivity index (χ2n) is 5.56. The summed E-state index contributed by atoms with van der Waals surface area (Å²) in [6.45, 7) is 2.21. The van der Waals surface area contributed by atoms with Gasteiger partial charge in [-0.1, -0.05) is 26.2 Å². The topological polar surface area (TPSA) is 12.0 Å². The number of rotatable bonds is 2. The van der Waals surface area contributed by atoms with E-state index in [9.17, 15) is 13.2 Å². The minimum absolute atomic E-state index is 0.338. The van der Waals surface area contributed by atoms with Gasteiger partial charge in [-0.25, -0.2) is 0 Å². The summed E-state index contributed by atoms with van der Waals surface area (Å²) in [6, 6.07) is 4.13. The molecule has 20 heavy (non-hydrogen) atoms. The van der Waals surface area contributed by atoms with Gasteiger partial charge in [0, 0.05) is 16.2 Å². The molecular weight excluding hydrogens is 331 g/mol. The van der Waals surface area contributed by atoms with E-state index >= 15 is 0 Å². The first-order valence-electron chi connectivity index (χ1n) is 7.01. The van der Waals surface area contributed by atoms with Crippen LogP contribution in [0.1, 0.15) is 44.6 Å². The lowest BCUT2D eigenvalue weighted by Gasteiger charge is -2.25. The van der Waals surface area contributed by atoms with Gasteiger partial charge in [-0.3, -0.25) is 0 Å². The van der Waals surface area contributed by atoms with Crippen molar-refractivity contribution in [2.24, 2.45) is 5.92 Å². The molecule has 0 aliphatic heterocycles. The Labute approximate surface area is 126 Å². The number of anilines is 1. The molecular formula is C15H19BrF3N. The number of hydrogen-bond donors (Lipinski definition) is 1. The van der Waals surface area contributed by atoms with Crippen molar-refractivity contribution in [3.05, 3.63) is 28.2 Å². The van der Waals surface area contributed by atoms with Crippen LogP contribution in [-0.2, 0) is 6.18 Å². The summed E-state index contributed by atoms with van der Waals surface area (Å²) in [5.74, 6) is 0.548. The second-order valence-corrected chi connectivity index (χ2v) is 6.41. The molecule has 0 heterocycles. The largest absolute Gasteiger partial charge is 0.416 e. The summed E-state index contributed by atoms with van der Waals surface area (Å²) in [5.41, 5.74) is 0.126. The molecule has 1 aliphatic carbocycles. The normalized spacial score (nSPS) is 24.2. The first kappa shape index (κ1) is 15.7. The zero-order valence-corrected chi connectivity index (χ0v) is 13.0. The molecule has 2 atom stereocenters. The number of benzene rings is 1. The van der Waals surface area contributed by atoms with Crippen molar-refractivity contribution in [3.63, 3.8) is 0 Å². The summed E-state index contributed by atoms with van der Waals surface area (Å²) in [7, 11) is 0. The fourth-order valence-corrected chi connectivity index (χ4v) is 3.21. The molecule has 2 unspecified atom stereocenters. The molecule has 0 spiro atoms. The molecule has 1 aromatic rings. The minimum atomic E-state index is -4.29. The van der Waals surface area contributed by atoms with Gasteiger partial charge in [0.1, 0.15) is 0 Å². The molecule has 0 bridgehead atoms. The number of hydrogen-bond acceptors (Lipinski definition) is 1. The molecule has 0 saturated heterocycles. The van der Waals surface area contributed by atoms with Crippen molar-refractivity contribution in [1.82, 2.24) is 0 Å². The lowest BCUT2D eigenvalue weighted by Crippen LogP contribution is -2.26. The maximum absolute atomic E-state index is 12.6. The van der Waals surface area contributed by atoms with E-state index in [2.05, 4.69) is 28.2 Å². The van der Waals surface area contributed by atoms with Gasteiger partial charge in [-0.2, -0.15) is 13.2 Å². The second kappa shape index (κ2) is 6.37. The first-order chi connectivity index (χ1) is 9.38. The van der Waals surface area contributed by atoms with E-state index in [1.54, 1.807) is 0 Å². The van der Waals surface area contributed by atoms with Crippen molar-refractivity contribution in [3.8, 4) is 0 Å². The van der Waals surface area contributed by atoms with E-state index in [4.69, 9.17) is 0 Å². The Balaban J connectivity index is 2.13. The van der Waals surface area contributed by atoms with Crippen molar-refractivity contribution < 1.29 is 13.2 Å². The van der Waals surface area contributed by atoms with E-state index in [0.717, 1.165) is 24.2 Å². The summed E-state index contributed by atoms with van der Waals surface area (Å²) >= 11 is 3.24. The monoisotopic (exact) mass is 349 g/mol. The third kappa shape index (κ3) is 3.90. The molecule has 1 saturated carbocycles. The van der Waals surface area contributed by atoms with Gasteiger partial charge < -0.3 is 5.32 Å². The van der Waals surface area contributed by atoms with Gasteiger partial charge in [0.05, 0.1) is 5.56 Å². The third-order valence-corrected chi connectivity index (χ3v) is 4.65. The number of halogens is 4. The summed E-state index contributed by atoms with van der Waals surface area (Å²) in [4.78, 5) is 0. The molecule has 0 radical (unpaired) electrons. The van der Waals surface area contributed by atoms with E-state index in [0.29, 0.717) is 16.4 Å². The van der Waals surface area contributed by atoms with E-state index in [-0.39, 0.29) is 0 Å². The van der Waals surface area contributed by atoms with Crippen LogP contribution in [0.4, 0.5) is 18.9 Å². The Morgan fingerprint density at radius 3 is 2.50 bits per heavy atom. The SMILES string of the molecule is CC1CCCCCC1Nc1ccc(C(F)(F)F)cc1Br. The quantitative estimate of drug-likeness (QED) is 0.660. The fourth-order valence-electron chi connectivity index (χ4n) is 2.72. The predicted octanol–water partition coefficient (Wildman–Crippen LogP) is 5.85. The van der Waals surface area contributed by atoms with Gasteiger partial charge in [-0.15, -0.1) is 0 Å². The van der Waals surface area contributed by atoms with E-state index < -0.39 is 11.7 Å². The standard InChI is InChI=1S/C15H19BrF3N/c1-10-5-3-2-4-6-13(10)20-14-8-7-11(9-12(14)16)15(17,18)19/h7-10,13,20H,2-6H2,1H3.